The van der Waals surface area contributed by atoms with Gasteiger partial charge in [-0.25, -0.2) is 4.98 Å². The SMILES string of the molecule is Cc1cc(C)c2sc(N(CCCN(C)C)C(=O)c3cccc4ccccc34)nc2c1. The second-order valence-corrected chi connectivity index (χ2v) is 9.04. The highest BCUT2D eigenvalue weighted by Crippen LogP contribution is 2.33. The lowest BCUT2D eigenvalue weighted by molar-refractivity contribution is 0.0987. The largest absolute Gasteiger partial charge is 0.309 e. The summed E-state index contributed by atoms with van der Waals surface area (Å²) in [5, 5.41) is 2.83. The average Bonchev–Trinajstić information content (AvgIpc) is 3.14. The number of hydrogen-bond acceptors (Lipinski definition) is 4. The molecule has 4 aromatic rings. The van der Waals surface area contributed by atoms with Crippen molar-refractivity contribution in [1.82, 2.24) is 9.88 Å². The van der Waals surface area contributed by atoms with Gasteiger partial charge in [-0.15, -0.1) is 0 Å². The molecule has 0 atom stereocenters. The topological polar surface area (TPSA) is 36.4 Å². The van der Waals surface area contributed by atoms with Crippen LogP contribution in [0.15, 0.2) is 54.6 Å². The number of aryl methyl sites for hydroxylation is 2. The van der Waals surface area contributed by atoms with E-state index >= 15 is 0 Å². The number of carbonyl (C=O) groups is 1. The van der Waals surface area contributed by atoms with E-state index in [1.54, 1.807) is 11.3 Å². The van der Waals surface area contributed by atoms with E-state index in [1.165, 1.54) is 11.1 Å². The van der Waals surface area contributed by atoms with Crippen molar-refractivity contribution in [3.63, 3.8) is 0 Å². The zero-order valence-electron chi connectivity index (χ0n) is 18.0. The van der Waals surface area contributed by atoms with Crippen LogP contribution in [-0.2, 0) is 0 Å². The number of fused-ring (bicyclic) bond motifs is 2. The van der Waals surface area contributed by atoms with Crippen molar-refractivity contribution < 1.29 is 4.79 Å². The minimum Gasteiger partial charge on any atom is -0.309 e. The average molecular weight is 418 g/mol. The van der Waals surface area contributed by atoms with Gasteiger partial charge in [0.1, 0.15) is 0 Å². The Morgan fingerprint density at radius 2 is 1.77 bits per heavy atom. The summed E-state index contributed by atoms with van der Waals surface area (Å²) in [4.78, 5) is 22.6. The third-order valence-corrected chi connectivity index (χ3v) is 6.52. The Balaban J connectivity index is 1.78. The van der Waals surface area contributed by atoms with Crippen molar-refractivity contribution in [2.75, 3.05) is 32.1 Å². The van der Waals surface area contributed by atoms with Crippen molar-refractivity contribution in [3.8, 4) is 0 Å². The summed E-state index contributed by atoms with van der Waals surface area (Å²) in [6.07, 6.45) is 0.886. The van der Waals surface area contributed by atoms with E-state index in [1.807, 2.05) is 47.4 Å². The molecule has 30 heavy (non-hydrogen) atoms. The Morgan fingerprint density at radius 3 is 2.57 bits per heavy atom. The molecular formula is C25H27N3OS. The summed E-state index contributed by atoms with van der Waals surface area (Å²) in [7, 11) is 4.11. The molecule has 3 aromatic carbocycles. The second kappa shape index (κ2) is 8.54. The third kappa shape index (κ3) is 4.09. The van der Waals surface area contributed by atoms with Gasteiger partial charge in [0.2, 0.25) is 0 Å². The molecule has 0 radical (unpaired) electrons. The zero-order valence-corrected chi connectivity index (χ0v) is 18.8. The van der Waals surface area contributed by atoms with Crippen molar-refractivity contribution in [2.45, 2.75) is 20.3 Å². The molecule has 1 aromatic heterocycles. The number of amides is 1. The van der Waals surface area contributed by atoms with Crippen LogP contribution >= 0.6 is 11.3 Å². The summed E-state index contributed by atoms with van der Waals surface area (Å²) >= 11 is 1.61. The smallest absolute Gasteiger partial charge is 0.260 e. The van der Waals surface area contributed by atoms with Gasteiger partial charge >= 0.3 is 0 Å². The van der Waals surface area contributed by atoms with Crippen LogP contribution in [0.2, 0.25) is 0 Å². The quantitative estimate of drug-likeness (QED) is 0.406. The van der Waals surface area contributed by atoms with Gasteiger partial charge in [-0.1, -0.05) is 53.8 Å². The molecule has 0 unspecified atom stereocenters. The number of aromatic nitrogens is 1. The van der Waals surface area contributed by atoms with E-state index in [0.29, 0.717) is 6.54 Å². The molecule has 0 aliphatic rings. The number of anilines is 1. The van der Waals surface area contributed by atoms with E-state index in [9.17, 15) is 4.79 Å². The second-order valence-electron chi connectivity index (χ2n) is 8.07. The van der Waals surface area contributed by atoms with Gasteiger partial charge in [0.25, 0.3) is 5.91 Å². The van der Waals surface area contributed by atoms with Crippen LogP contribution in [0.3, 0.4) is 0 Å². The first kappa shape index (κ1) is 20.5. The molecular weight excluding hydrogens is 390 g/mol. The molecule has 1 amide bonds. The number of hydrogen-bond donors (Lipinski definition) is 0. The first-order valence-electron chi connectivity index (χ1n) is 10.3. The van der Waals surface area contributed by atoms with E-state index in [4.69, 9.17) is 4.98 Å². The lowest BCUT2D eigenvalue weighted by Crippen LogP contribution is -2.33. The summed E-state index contributed by atoms with van der Waals surface area (Å²) in [6, 6.07) is 18.3. The number of rotatable bonds is 6. The van der Waals surface area contributed by atoms with Crippen LogP contribution in [0.25, 0.3) is 21.0 Å². The van der Waals surface area contributed by atoms with E-state index in [-0.39, 0.29) is 5.91 Å². The van der Waals surface area contributed by atoms with Crippen molar-refractivity contribution in [3.05, 3.63) is 71.3 Å². The summed E-state index contributed by atoms with van der Waals surface area (Å²) in [5.74, 6) is 0.0130. The third-order valence-electron chi connectivity index (χ3n) is 5.29. The maximum absolute atomic E-state index is 13.7. The highest BCUT2D eigenvalue weighted by Gasteiger charge is 2.23. The van der Waals surface area contributed by atoms with Crippen molar-refractivity contribution >= 4 is 43.4 Å². The molecule has 5 heteroatoms. The lowest BCUT2D eigenvalue weighted by atomic mass is 10.0. The Morgan fingerprint density at radius 1 is 1.00 bits per heavy atom. The molecule has 0 fully saturated rings. The zero-order chi connectivity index (χ0) is 21.3. The number of carbonyl (C=O) groups excluding carboxylic acids is 1. The lowest BCUT2D eigenvalue weighted by Gasteiger charge is -2.22. The normalized spacial score (nSPS) is 11.5. The van der Waals surface area contributed by atoms with Crippen LogP contribution in [0.1, 0.15) is 27.9 Å². The predicted octanol–water partition coefficient (Wildman–Crippen LogP) is 5.66. The molecule has 0 spiro atoms. The number of benzene rings is 3. The Bertz CT molecular complexity index is 1210. The number of nitrogens with zero attached hydrogens (tertiary/aromatic N) is 3. The molecule has 1 heterocycles. The molecule has 4 nitrogen and oxygen atoms in total. The number of thiazole rings is 1. The first-order valence-corrected chi connectivity index (χ1v) is 11.1. The Hall–Kier alpha value is -2.76. The van der Waals surface area contributed by atoms with Crippen molar-refractivity contribution in [1.29, 1.82) is 0 Å². The Labute approximate surface area is 181 Å². The molecule has 0 aliphatic heterocycles. The molecule has 0 saturated carbocycles. The van der Waals surface area contributed by atoms with E-state index < -0.39 is 0 Å². The van der Waals surface area contributed by atoms with Crippen molar-refractivity contribution in [2.24, 2.45) is 0 Å². The minimum atomic E-state index is 0.0130. The van der Waals surface area contributed by atoms with E-state index in [0.717, 1.165) is 44.6 Å². The summed E-state index contributed by atoms with van der Waals surface area (Å²) in [6.45, 7) is 5.75. The maximum atomic E-state index is 13.7. The fraction of sp³-hybridized carbons (Fsp3) is 0.280. The molecule has 4 rings (SSSR count). The molecule has 0 bridgehead atoms. The fourth-order valence-corrected chi connectivity index (χ4v) is 4.91. The predicted molar refractivity (Wildman–Crippen MR) is 128 cm³/mol. The summed E-state index contributed by atoms with van der Waals surface area (Å²) < 4.78 is 1.15. The monoisotopic (exact) mass is 417 g/mol. The van der Waals surface area contributed by atoms with E-state index in [2.05, 4.69) is 45.0 Å². The van der Waals surface area contributed by atoms with Crippen LogP contribution < -0.4 is 4.90 Å². The van der Waals surface area contributed by atoms with Crippen LogP contribution in [0, 0.1) is 13.8 Å². The molecule has 0 saturated heterocycles. The molecule has 154 valence electrons. The van der Waals surface area contributed by atoms with Gasteiger partial charge in [0, 0.05) is 12.1 Å². The molecule has 0 aliphatic carbocycles. The standard InChI is InChI=1S/C25H27N3OS/c1-17-15-18(2)23-22(16-17)26-25(30-23)28(14-8-13-27(3)4)24(29)21-12-7-10-19-9-5-6-11-20(19)21/h5-7,9-12,15-16H,8,13-14H2,1-4H3. The highest BCUT2D eigenvalue weighted by atomic mass is 32.1. The van der Waals surface area contributed by atoms with Gasteiger partial charge in [0.15, 0.2) is 5.13 Å². The van der Waals surface area contributed by atoms with Gasteiger partial charge in [-0.05, 0) is 74.9 Å². The van der Waals surface area contributed by atoms with Gasteiger partial charge < -0.3 is 4.90 Å². The first-order chi connectivity index (χ1) is 14.4. The maximum Gasteiger partial charge on any atom is 0.260 e. The van der Waals surface area contributed by atoms with Gasteiger partial charge in [-0.2, -0.15) is 0 Å². The molecule has 0 N–H and O–H groups in total. The Kier molecular flexibility index (Phi) is 5.84. The van der Waals surface area contributed by atoms with Crippen LogP contribution in [0.5, 0.6) is 0 Å². The highest BCUT2D eigenvalue weighted by molar-refractivity contribution is 7.22. The van der Waals surface area contributed by atoms with Gasteiger partial charge in [0.05, 0.1) is 10.2 Å². The minimum absolute atomic E-state index is 0.0130. The fourth-order valence-electron chi connectivity index (χ4n) is 3.87. The van der Waals surface area contributed by atoms with Crippen LogP contribution in [-0.4, -0.2) is 43.0 Å². The summed E-state index contributed by atoms with van der Waals surface area (Å²) in [5.41, 5.74) is 4.09. The van der Waals surface area contributed by atoms with Gasteiger partial charge in [-0.3, -0.25) is 9.69 Å². The van der Waals surface area contributed by atoms with Crippen LogP contribution in [0.4, 0.5) is 5.13 Å².